The molecule has 0 bridgehead atoms. The Kier molecular flexibility index (Phi) is 3.95. The first kappa shape index (κ1) is 15.8. The Morgan fingerprint density at radius 3 is 2.86 bits per heavy atom. The van der Waals surface area contributed by atoms with Gasteiger partial charge < -0.3 is 9.47 Å². The standard InChI is InChI=1S/C16H23NO4S/c1-4-13-11-20-9-8-17(13)22(18,19)14-7-5-6-12-10-16(2,3)21-15(12)14/h5-7,13H,4,8-11H2,1-3H3. The van der Waals surface area contributed by atoms with Crippen molar-refractivity contribution < 1.29 is 17.9 Å². The molecule has 3 rings (SSSR count). The van der Waals surface area contributed by atoms with Crippen molar-refractivity contribution in [2.75, 3.05) is 19.8 Å². The van der Waals surface area contributed by atoms with E-state index in [2.05, 4.69) is 0 Å². The molecule has 5 nitrogen and oxygen atoms in total. The second-order valence-electron chi connectivity index (χ2n) is 6.54. The summed E-state index contributed by atoms with van der Waals surface area (Å²) in [4.78, 5) is 0.288. The molecule has 22 heavy (non-hydrogen) atoms. The monoisotopic (exact) mass is 325 g/mol. The average Bonchev–Trinajstić information content (AvgIpc) is 2.80. The molecule has 0 N–H and O–H groups in total. The second kappa shape index (κ2) is 5.51. The van der Waals surface area contributed by atoms with Crippen LogP contribution < -0.4 is 4.74 Å². The molecule has 1 aromatic carbocycles. The van der Waals surface area contributed by atoms with Gasteiger partial charge in [0.2, 0.25) is 10.0 Å². The molecule has 0 aliphatic carbocycles. The Hall–Kier alpha value is -1.11. The van der Waals surface area contributed by atoms with Crippen molar-refractivity contribution in [1.29, 1.82) is 0 Å². The SMILES string of the molecule is CCC1COCCN1S(=O)(=O)c1cccc2c1OC(C)(C)C2. The van der Waals surface area contributed by atoms with Crippen LogP contribution in [0.15, 0.2) is 23.1 Å². The van der Waals surface area contributed by atoms with Crippen LogP contribution in [0.2, 0.25) is 0 Å². The molecule has 0 saturated carbocycles. The van der Waals surface area contributed by atoms with Gasteiger partial charge >= 0.3 is 0 Å². The van der Waals surface area contributed by atoms with Crippen LogP contribution in [0.5, 0.6) is 5.75 Å². The van der Waals surface area contributed by atoms with Crippen molar-refractivity contribution in [3.63, 3.8) is 0 Å². The summed E-state index contributed by atoms with van der Waals surface area (Å²) < 4.78 is 39.2. The molecular formula is C16H23NO4S. The molecule has 6 heteroatoms. The minimum Gasteiger partial charge on any atom is -0.486 e. The Morgan fingerprint density at radius 1 is 1.36 bits per heavy atom. The number of hydrogen-bond acceptors (Lipinski definition) is 4. The van der Waals surface area contributed by atoms with Gasteiger partial charge in [-0.1, -0.05) is 19.1 Å². The predicted octanol–water partition coefficient (Wildman–Crippen LogP) is 2.20. The lowest BCUT2D eigenvalue weighted by Crippen LogP contribution is -2.48. The summed E-state index contributed by atoms with van der Waals surface area (Å²) in [7, 11) is -3.57. The van der Waals surface area contributed by atoms with Crippen LogP contribution in [-0.2, 0) is 21.2 Å². The van der Waals surface area contributed by atoms with E-state index < -0.39 is 10.0 Å². The third-order valence-electron chi connectivity index (χ3n) is 4.29. The Morgan fingerprint density at radius 2 is 2.14 bits per heavy atom. The quantitative estimate of drug-likeness (QED) is 0.855. The van der Waals surface area contributed by atoms with Gasteiger partial charge in [0, 0.05) is 19.0 Å². The molecule has 2 aliphatic heterocycles. The van der Waals surface area contributed by atoms with Crippen molar-refractivity contribution >= 4 is 10.0 Å². The normalized spacial score (nSPS) is 24.8. The fraction of sp³-hybridized carbons (Fsp3) is 0.625. The van der Waals surface area contributed by atoms with Crippen molar-refractivity contribution in [3.05, 3.63) is 23.8 Å². The molecule has 1 unspecified atom stereocenters. The summed E-state index contributed by atoms with van der Waals surface area (Å²) >= 11 is 0. The van der Waals surface area contributed by atoms with Crippen LogP contribution in [0, 0.1) is 0 Å². The predicted molar refractivity (Wildman–Crippen MR) is 83.6 cm³/mol. The lowest BCUT2D eigenvalue weighted by atomic mass is 10.0. The van der Waals surface area contributed by atoms with Crippen LogP contribution in [0.25, 0.3) is 0 Å². The molecule has 1 fully saturated rings. The second-order valence-corrected chi connectivity index (χ2v) is 8.39. The lowest BCUT2D eigenvalue weighted by molar-refractivity contribution is 0.0312. The number of hydrogen-bond donors (Lipinski definition) is 0. The van der Waals surface area contributed by atoms with Crippen molar-refractivity contribution in [1.82, 2.24) is 4.31 Å². The van der Waals surface area contributed by atoms with E-state index >= 15 is 0 Å². The molecule has 0 radical (unpaired) electrons. The highest BCUT2D eigenvalue weighted by Crippen LogP contribution is 2.41. The first-order valence-corrected chi connectivity index (χ1v) is 9.19. The summed E-state index contributed by atoms with van der Waals surface area (Å²) in [5.74, 6) is 0.522. The zero-order valence-corrected chi connectivity index (χ0v) is 14.1. The highest BCUT2D eigenvalue weighted by molar-refractivity contribution is 7.89. The largest absolute Gasteiger partial charge is 0.486 e. The van der Waals surface area contributed by atoms with Gasteiger partial charge in [0.25, 0.3) is 0 Å². The minimum absolute atomic E-state index is 0.107. The maximum atomic E-state index is 13.1. The third kappa shape index (κ3) is 2.64. The van der Waals surface area contributed by atoms with E-state index in [1.807, 2.05) is 26.8 Å². The molecule has 1 aromatic rings. The summed E-state index contributed by atoms with van der Waals surface area (Å²) in [6, 6.07) is 5.29. The van der Waals surface area contributed by atoms with Gasteiger partial charge in [0.1, 0.15) is 16.2 Å². The maximum absolute atomic E-state index is 13.1. The highest BCUT2D eigenvalue weighted by atomic mass is 32.2. The number of fused-ring (bicyclic) bond motifs is 1. The van der Waals surface area contributed by atoms with Crippen molar-refractivity contribution in [2.45, 2.75) is 50.2 Å². The van der Waals surface area contributed by atoms with E-state index in [4.69, 9.17) is 9.47 Å². The van der Waals surface area contributed by atoms with Crippen molar-refractivity contribution in [3.8, 4) is 5.75 Å². The van der Waals surface area contributed by atoms with Gasteiger partial charge in [-0.3, -0.25) is 0 Å². The summed E-state index contributed by atoms with van der Waals surface area (Å²) in [5.41, 5.74) is 0.607. The molecule has 122 valence electrons. The van der Waals surface area contributed by atoms with Gasteiger partial charge in [-0.05, 0) is 31.9 Å². The zero-order chi connectivity index (χ0) is 16.0. The van der Waals surface area contributed by atoms with Gasteiger partial charge in [-0.25, -0.2) is 8.42 Å². The first-order chi connectivity index (χ1) is 10.3. The molecule has 2 aliphatic rings. The first-order valence-electron chi connectivity index (χ1n) is 7.75. The topological polar surface area (TPSA) is 55.8 Å². The van der Waals surface area contributed by atoms with Gasteiger partial charge in [0.15, 0.2) is 0 Å². The summed E-state index contributed by atoms with van der Waals surface area (Å²) in [6.07, 6.45) is 1.46. The number of nitrogens with zero attached hydrogens (tertiary/aromatic N) is 1. The molecule has 0 aromatic heterocycles. The number of benzene rings is 1. The smallest absolute Gasteiger partial charge is 0.247 e. The molecule has 0 amide bonds. The molecular weight excluding hydrogens is 302 g/mol. The molecule has 0 spiro atoms. The molecule has 1 saturated heterocycles. The van der Waals surface area contributed by atoms with Crippen LogP contribution in [0.1, 0.15) is 32.8 Å². The number of ether oxygens (including phenoxy) is 2. The van der Waals surface area contributed by atoms with Crippen LogP contribution in [0.4, 0.5) is 0 Å². The fourth-order valence-corrected chi connectivity index (χ4v) is 5.02. The van der Waals surface area contributed by atoms with E-state index in [0.29, 0.717) is 25.5 Å². The zero-order valence-electron chi connectivity index (χ0n) is 13.3. The van der Waals surface area contributed by atoms with E-state index in [1.165, 1.54) is 0 Å². The van der Waals surface area contributed by atoms with Gasteiger partial charge in [-0.2, -0.15) is 4.31 Å². The number of para-hydroxylation sites is 1. The third-order valence-corrected chi connectivity index (χ3v) is 6.26. The van der Waals surface area contributed by atoms with Crippen molar-refractivity contribution in [2.24, 2.45) is 0 Å². The number of morpholine rings is 1. The Bertz CT molecular complexity index is 669. The minimum atomic E-state index is -3.57. The average molecular weight is 325 g/mol. The maximum Gasteiger partial charge on any atom is 0.247 e. The van der Waals surface area contributed by atoms with E-state index in [0.717, 1.165) is 18.4 Å². The lowest BCUT2D eigenvalue weighted by Gasteiger charge is -2.34. The van der Waals surface area contributed by atoms with E-state index in [1.54, 1.807) is 16.4 Å². The van der Waals surface area contributed by atoms with Crippen LogP contribution in [-0.4, -0.2) is 44.1 Å². The van der Waals surface area contributed by atoms with Crippen LogP contribution >= 0.6 is 0 Å². The molecule has 1 atom stereocenters. The highest BCUT2D eigenvalue weighted by Gasteiger charge is 2.39. The number of sulfonamides is 1. The van der Waals surface area contributed by atoms with Gasteiger partial charge in [-0.15, -0.1) is 0 Å². The summed E-state index contributed by atoms with van der Waals surface area (Å²) in [6.45, 7) is 7.24. The Labute approximate surface area is 132 Å². The fourth-order valence-electron chi connectivity index (χ4n) is 3.19. The summed E-state index contributed by atoms with van der Waals surface area (Å²) in [5, 5.41) is 0. The van der Waals surface area contributed by atoms with Crippen LogP contribution in [0.3, 0.4) is 0 Å². The van der Waals surface area contributed by atoms with E-state index in [9.17, 15) is 8.42 Å². The number of rotatable bonds is 3. The Balaban J connectivity index is 2.03. The van der Waals surface area contributed by atoms with Gasteiger partial charge in [0.05, 0.1) is 13.2 Å². The van der Waals surface area contributed by atoms with E-state index in [-0.39, 0.29) is 16.5 Å². The molecule has 2 heterocycles.